The first-order valence-corrected chi connectivity index (χ1v) is 10.9. The summed E-state index contributed by atoms with van der Waals surface area (Å²) in [6.07, 6.45) is 13.9. The number of benzene rings is 1. The van der Waals surface area contributed by atoms with Crippen molar-refractivity contribution < 1.29 is 4.79 Å². The van der Waals surface area contributed by atoms with Crippen LogP contribution in [0, 0.1) is 5.92 Å². The summed E-state index contributed by atoms with van der Waals surface area (Å²) in [6.45, 7) is 6.18. The Hall–Kier alpha value is -0.760. The average Bonchev–Trinajstić information content (AvgIpc) is 2.59. The van der Waals surface area contributed by atoms with Gasteiger partial charge in [0.2, 0.25) is 0 Å². The highest BCUT2D eigenvalue weighted by molar-refractivity contribution is 7.99. The van der Waals surface area contributed by atoms with Crippen LogP contribution >= 0.6 is 11.8 Å². The largest absolute Gasteiger partial charge is 0.294 e. The zero-order valence-corrected chi connectivity index (χ0v) is 16.8. The molecule has 0 aliphatic rings. The van der Waals surface area contributed by atoms with Gasteiger partial charge in [-0.15, -0.1) is 11.8 Å². The molecule has 0 bridgehead atoms. The van der Waals surface area contributed by atoms with Crippen LogP contribution in [0.2, 0.25) is 0 Å². The van der Waals surface area contributed by atoms with E-state index in [2.05, 4.69) is 19.1 Å². The highest BCUT2D eigenvalue weighted by Crippen LogP contribution is 2.21. The third-order valence-corrected chi connectivity index (χ3v) is 5.53. The van der Waals surface area contributed by atoms with E-state index >= 15 is 0 Å². The summed E-state index contributed by atoms with van der Waals surface area (Å²) in [4.78, 5) is 13.2. The zero-order chi connectivity index (χ0) is 17.6. The lowest BCUT2D eigenvalue weighted by Gasteiger charge is -2.06. The maximum absolute atomic E-state index is 11.9. The Morgan fingerprint density at radius 2 is 1.33 bits per heavy atom. The van der Waals surface area contributed by atoms with Crippen molar-refractivity contribution in [1.82, 2.24) is 0 Å². The fourth-order valence-electron chi connectivity index (χ4n) is 2.83. The summed E-state index contributed by atoms with van der Waals surface area (Å²) >= 11 is 1.92. The lowest BCUT2D eigenvalue weighted by Crippen LogP contribution is -2.06. The van der Waals surface area contributed by atoms with Crippen molar-refractivity contribution in [3.63, 3.8) is 0 Å². The Balaban J connectivity index is 2.02. The quantitative estimate of drug-likeness (QED) is 0.196. The van der Waals surface area contributed by atoms with Gasteiger partial charge in [-0.2, -0.15) is 0 Å². The number of unbranched alkanes of at least 4 members (excludes halogenated alkanes) is 9. The summed E-state index contributed by atoms with van der Waals surface area (Å²) in [5, 5.41) is 0. The van der Waals surface area contributed by atoms with E-state index in [-0.39, 0.29) is 11.7 Å². The summed E-state index contributed by atoms with van der Waals surface area (Å²) < 4.78 is 0. The molecule has 2 heteroatoms. The van der Waals surface area contributed by atoms with Crippen LogP contribution < -0.4 is 0 Å². The standard InChI is InChI=1S/C22H36OS/c1-4-5-6-7-8-9-10-11-12-13-18-24-21-16-14-20(15-17-21)22(23)19(2)3/h14-17,19H,4-13,18H2,1-3H3. The molecule has 0 saturated heterocycles. The highest BCUT2D eigenvalue weighted by atomic mass is 32.2. The summed E-state index contributed by atoms with van der Waals surface area (Å²) in [7, 11) is 0. The molecule has 0 spiro atoms. The van der Waals surface area contributed by atoms with Crippen LogP contribution in [0.4, 0.5) is 0 Å². The van der Waals surface area contributed by atoms with Crippen LogP contribution in [0.25, 0.3) is 0 Å². The number of hydrogen-bond acceptors (Lipinski definition) is 2. The molecule has 0 aliphatic carbocycles. The monoisotopic (exact) mass is 348 g/mol. The molecule has 0 N–H and O–H groups in total. The predicted molar refractivity (Wildman–Crippen MR) is 108 cm³/mol. The molecule has 136 valence electrons. The molecule has 1 nitrogen and oxygen atoms in total. The molecule has 0 aliphatic heterocycles. The number of thioether (sulfide) groups is 1. The van der Waals surface area contributed by atoms with Gasteiger partial charge in [0, 0.05) is 16.4 Å². The first-order chi connectivity index (χ1) is 11.6. The first-order valence-electron chi connectivity index (χ1n) is 9.92. The van der Waals surface area contributed by atoms with Gasteiger partial charge < -0.3 is 0 Å². The minimum Gasteiger partial charge on any atom is -0.294 e. The van der Waals surface area contributed by atoms with Crippen molar-refractivity contribution in [1.29, 1.82) is 0 Å². The van der Waals surface area contributed by atoms with E-state index in [0.717, 1.165) is 5.56 Å². The van der Waals surface area contributed by atoms with Gasteiger partial charge >= 0.3 is 0 Å². The fraction of sp³-hybridized carbons (Fsp3) is 0.682. The second kappa shape index (κ2) is 13.5. The third-order valence-electron chi connectivity index (χ3n) is 4.43. The lowest BCUT2D eigenvalue weighted by molar-refractivity contribution is 0.0939. The molecule has 1 rings (SSSR count). The molecular weight excluding hydrogens is 312 g/mol. The molecule has 0 atom stereocenters. The molecule has 0 unspecified atom stereocenters. The number of ketones is 1. The predicted octanol–water partition coefficient (Wildman–Crippen LogP) is 7.54. The van der Waals surface area contributed by atoms with Crippen LogP contribution in [0.15, 0.2) is 29.2 Å². The molecule has 1 aromatic rings. The third kappa shape index (κ3) is 9.52. The maximum atomic E-state index is 11.9. The van der Waals surface area contributed by atoms with Crippen molar-refractivity contribution in [2.24, 2.45) is 5.92 Å². The fourth-order valence-corrected chi connectivity index (χ4v) is 3.74. The van der Waals surface area contributed by atoms with Gasteiger partial charge in [0.1, 0.15) is 0 Å². The van der Waals surface area contributed by atoms with E-state index in [9.17, 15) is 4.79 Å². The van der Waals surface area contributed by atoms with Crippen molar-refractivity contribution in [3.05, 3.63) is 29.8 Å². The lowest BCUT2D eigenvalue weighted by atomic mass is 10.0. The molecule has 0 amide bonds. The Morgan fingerprint density at radius 1 is 0.833 bits per heavy atom. The first kappa shape index (κ1) is 21.3. The van der Waals surface area contributed by atoms with Crippen molar-refractivity contribution >= 4 is 17.5 Å². The minimum absolute atomic E-state index is 0.0788. The molecule has 0 heterocycles. The van der Waals surface area contributed by atoms with Crippen LogP contribution in [-0.2, 0) is 0 Å². The van der Waals surface area contributed by atoms with Crippen LogP contribution in [0.3, 0.4) is 0 Å². The molecule has 0 saturated carbocycles. The Morgan fingerprint density at radius 3 is 1.83 bits per heavy atom. The van der Waals surface area contributed by atoms with E-state index in [1.165, 1.54) is 74.9 Å². The van der Waals surface area contributed by atoms with Gasteiger partial charge in [0.15, 0.2) is 5.78 Å². The Kier molecular flexibility index (Phi) is 12.0. The van der Waals surface area contributed by atoms with Gasteiger partial charge in [0.25, 0.3) is 0 Å². The number of carbonyl (C=O) groups excluding carboxylic acids is 1. The number of rotatable bonds is 14. The average molecular weight is 349 g/mol. The second-order valence-corrected chi connectivity index (χ2v) is 8.24. The number of Topliss-reactive ketones (excluding diaryl/α,β-unsaturated/α-hetero) is 1. The zero-order valence-electron chi connectivity index (χ0n) is 16.0. The van der Waals surface area contributed by atoms with Gasteiger partial charge in [-0.25, -0.2) is 0 Å². The Labute approximate surface area is 154 Å². The minimum atomic E-state index is 0.0788. The highest BCUT2D eigenvalue weighted by Gasteiger charge is 2.09. The van der Waals surface area contributed by atoms with Gasteiger partial charge in [-0.05, 0) is 24.3 Å². The van der Waals surface area contributed by atoms with Crippen LogP contribution in [0.5, 0.6) is 0 Å². The van der Waals surface area contributed by atoms with Crippen LogP contribution in [0.1, 0.15) is 95.3 Å². The topological polar surface area (TPSA) is 17.1 Å². The maximum Gasteiger partial charge on any atom is 0.165 e. The smallest absolute Gasteiger partial charge is 0.165 e. The van der Waals surface area contributed by atoms with Gasteiger partial charge in [-0.3, -0.25) is 4.79 Å². The van der Waals surface area contributed by atoms with E-state index in [1.54, 1.807) is 0 Å². The summed E-state index contributed by atoms with van der Waals surface area (Å²) in [5.74, 6) is 1.50. The molecule has 0 aromatic heterocycles. The van der Waals surface area contributed by atoms with Crippen molar-refractivity contribution in [2.75, 3.05) is 5.75 Å². The SMILES string of the molecule is CCCCCCCCCCCCSc1ccc(C(=O)C(C)C)cc1. The molecule has 24 heavy (non-hydrogen) atoms. The molecule has 0 fully saturated rings. The van der Waals surface area contributed by atoms with Gasteiger partial charge in [0.05, 0.1) is 0 Å². The Bertz CT molecular complexity index is 436. The normalized spacial score (nSPS) is 11.2. The van der Waals surface area contributed by atoms with E-state index in [1.807, 2.05) is 37.7 Å². The van der Waals surface area contributed by atoms with E-state index in [0.29, 0.717) is 0 Å². The second-order valence-electron chi connectivity index (χ2n) is 7.07. The molecule has 1 aromatic carbocycles. The molecular formula is C22H36OS. The van der Waals surface area contributed by atoms with Crippen LogP contribution in [-0.4, -0.2) is 11.5 Å². The summed E-state index contributed by atoms with van der Waals surface area (Å²) in [5.41, 5.74) is 0.841. The molecule has 0 radical (unpaired) electrons. The van der Waals surface area contributed by atoms with Crippen molar-refractivity contribution in [2.45, 2.75) is 89.9 Å². The summed E-state index contributed by atoms with van der Waals surface area (Å²) in [6, 6.07) is 8.14. The van der Waals surface area contributed by atoms with Crippen molar-refractivity contribution in [3.8, 4) is 0 Å². The number of hydrogen-bond donors (Lipinski definition) is 0. The number of carbonyl (C=O) groups is 1. The van der Waals surface area contributed by atoms with E-state index in [4.69, 9.17) is 0 Å². The van der Waals surface area contributed by atoms with Gasteiger partial charge in [-0.1, -0.05) is 90.7 Å². The van der Waals surface area contributed by atoms with E-state index < -0.39 is 0 Å².